The van der Waals surface area contributed by atoms with Crippen LogP contribution < -0.4 is 0 Å². The van der Waals surface area contributed by atoms with Gasteiger partial charge in [-0.05, 0) is 76.4 Å². The second kappa shape index (κ2) is 20.2. The molecule has 1 aromatic rings. The number of rotatable bonds is 22. The van der Waals surface area contributed by atoms with Gasteiger partial charge in [-0.3, -0.25) is 4.57 Å². The molecular weight excluding hydrogens is 481 g/mol. The molecule has 1 atom stereocenters. The van der Waals surface area contributed by atoms with Crippen LogP contribution in [0, 0.1) is 18.3 Å². The van der Waals surface area contributed by atoms with Crippen LogP contribution >= 0.6 is 18.0 Å². The van der Waals surface area contributed by atoms with Crippen molar-refractivity contribution in [1.29, 1.82) is 5.26 Å². The van der Waals surface area contributed by atoms with Gasteiger partial charge in [-0.15, -0.1) is 0 Å². The van der Waals surface area contributed by atoms with E-state index in [1.165, 1.54) is 68.9 Å². The van der Waals surface area contributed by atoms with Gasteiger partial charge in [-0.25, -0.2) is 9.34 Å². The van der Waals surface area contributed by atoms with E-state index in [1.54, 1.807) is 11.4 Å². The molecule has 0 radical (unpaired) electrons. The van der Waals surface area contributed by atoms with Crippen LogP contribution in [0.15, 0.2) is 18.2 Å². The molecule has 206 valence electrons. The van der Waals surface area contributed by atoms with Gasteiger partial charge in [0.25, 0.3) is 6.65 Å². The van der Waals surface area contributed by atoms with Gasteiger partial charge in [-0.1, -0.05) is 95.5 Å². The lowest BCUT2D eigenvalue weighted by atomic mass is 10.0. The number of hydrogen-bond acceptors (Lipinski definition) is 3. The summed E-state index contributed by atoms with van der Waals surface area (Å²) in [4.78, 5) is 0. The molecule has 4 nitrogen and oxygen atoms in total. The Hall–Kier alpha value is -0.790. The highest BCUT2D eigenvalue weighted by atomic mass is 32.7. The molecule has 0 heterocycles. The molecule has 0 aliphatic rings. The van der Waals surface area contributed by atoms with Crippen molar-refractivity contribution in [1.82, 2.24) is 9.34 Å². The van der Waals surface area contributed by atoms with Crippen molar-refractivity contribution in [2.45, 2.75) is 117 Å². The Morgan fingerprint density at radius 2 is 1.39 bits per heavy atom. The molecule has 0 aromatic heterocycles. The standard InChI is InChI=1S/C30H54N3OPS/c1-6-8-9-10-11-12-13-14-15-18-23-33(35(34,32(4)5)36-25-7-2)24-19-16-17-20-30-22-21-29(27-31)26-28(30)3/h21-22,26H,6-20,23-25H2,1-5H3. The summed E-state index contributed by atoms with van der Waals surface area (Å²) in [6.45, 7) is 5.84. The molecule has 0 amide bonds. The first-order chi connectivity index (χ1) is 17.4. The zero-order valence-corrected chi connectivity index (χ0v) is 25.8. The van der Waals surface area contributed by atoms with E-state index in [-0.39, 0.29) is 0 Å². The molecule has 0 aliphatic carbocycles. The lowest BCUT2D eigenvalue weighted by molar-refractivity contribution is 0.364. The molecule has 0 N–H and O–H groups in total. The third-order valence-electron chi connectivity index (χ3n) is 6.93. The van der Waals surface area contributed by atoms with Crippen LogP contribution in [-0.4, -0.2) is 42.3 Å². The van der Waals surface area contributed by atoms with Crippen LogP contribution in [0.4, 0.5) is 0 Å². The molecule has 1 rings (SSSR count). The van der Waals surface area contributed by atoms with E-state index in [9.17, 15) is 4.57 Å². The lowest BCUT2D eigenvalue weighted by Gasteiger charge is -2.35. The molecule has 0 bridgehead atoms. The summed E-state index contributed by atoms with van der Waals surface area (Å²) in [6.07, 6.45) is 18.7. The van der Waals surface area contributed by atoms with Crippen LogP contribution in [0.25, 0.3) is 0 Å². The monoisotopic (exact) mass is 535 g/mol. The molecule has 1 unspecified atom stereocenters. The van der Waals surface area contributed by atoms with Gasteiger partial charge < -0.3 is 0 Å². The summed E-state index contributed by atoms with van der Waals surface area (Å²) >= 11 is 1.67. The molecule has 0 spiro atoms. The third kappa shape index (κ3) is 13.1. The van der Waals surface area contributed by atoms with E-state index < -0.39 is 6.65 Å². The number of nitrogens with zero attached hydrogens (tertiary/aromatic N) is 3. The SMILES string of the molecule is CCCCCCCCCCCCN(CCCCCc1ccc(C#N)cc1C)P(=O)(SCCC)N(C)C. The lowest BCUT2D eigenvalue weighted by Crippen LogP contribution is -2.28. The van der Waals surface area contributed by atoms with E-state index in [0.717, 1.165) is 62.9 Å². The van der Waals surface area contributed by atoms with Crippen LogP contribution in [0.1, 0.15) is 120 Å². The molecule has 0 saturated heterocycles. The highest BCUT2D eigenvalue weighted by Gasteiger charge is 2.32. The minimum absolute atomic E-state index is 0.739. The number of aryl methyl sites for hydroxylation is 2. The first kappa shape index (κ1) is 33.2. The Labute approximate surface area is 227 Å². The summed E-state index contributed by atoms with van der Waals surface area (Å²) in [5, 5.41) is 9.08. The van der Waals surface area contributed by atoms with Gasteiger partial charge in [-0.2, -0.15) is 5.26 Å². The average Bonchev–Trinajstić information content (AvgIpc) is 2.87. The Balaban J connectivity index is 2.50. The van der Waals surface area contributed by atoms with Crippen molar-refractivity contribution in [2.75, 3.05) is 32.9 Å². The van der Waals surface area contributed by atoms with Crippen molar-refractivity contribution < 1.29 is 4.57 Å². The van der Waals surface area contributed by atoms with E-state index in [2.05, 4.69) is 37.6 Å². The van der Waals surface area contributed by atoms with Crippen molar-refractivity contribution >= 4 is 18.0 Å². The quantitative estimate of drug-likeness (QED) is 0.109. The van der Waals surface area contributed by atoms with Gasteiger partial charge >= 0.3 is 0 Å². The van der Waals surface area contributed by atoms with E-state index in [4.69, 9.17) is 5.26 Å². The van der Waals surface area contributed by atoms with E-state index >= 15 is 0 Å². The summed E-state index contributed by atoms with van der Waals surface area (Å²) in [5.41, 5.74) is 3.29. The van der Waals surface area contributed by atoms with Gasteiger partial charge in [0, 0.05) is 18.8 Å². The topological polar surface area (TPSA) is 47.3 Å². The Morgan fingerprint density at radius 3 is 1.89 bits per heavy atom. The Bertz CT molecular complexity index is 793. The Morgan fingerprint density at radius 1 is 0.833 bits per heavy atom. The van der Waals surface area contributed by atoms with Crippen LogP contribution in [-0.2, 0) is 11.0 Å². The molecule has 0 aliphatic heterocycles. The minimum Gasteiger partial charge on any atom is -0.277 e. The van der Waals surface area contributed by atoms with Gasteiger partial charge in [0.05, 0.1) is 11.6 Å². The normalized spacial score (nSPS) is 13.3. The first-order valence-electron chi connectivity index (χ1n) is 14.6. The highest BCUT2D eigenvalue weighted by molar-refractivity contribution is 8.56. The summed E-state index contributed by atoms with van der Waals surface area (Å²) in [5.74, 6) is 0.946. The number of benzene rings is 1. The number of hydrogen-bond donors (Lipinski definition) is 0. The van der Waals surface area contributed by atoms with Crippen molar-refractivity contribution in [3.05, 3.63) is 34.9 Å². The zero-order valence-electron chi connectivity index (χ0n) is 24.1. The van der Waals surface area contributed by atoms with Crippen molar-refractivity contribution in [2.24, 2.45) is 0 Å². The summed E-state index contributed by atoms with van der Waals surface area (Å²) in [7, 11) is 3.98. The predicted octanol–water partition coefficient (Wildman–Crippen LogP) is 9.62. The summed E-state index contributed by atoms with van der Waals surface area (Å²) in [6, 6.07) is 8.24. The first-order valence-corrected chi connectivity index (χ1v) is 17.8. The average molecular weight is 536 g/mol. The minimum atomic E-state index is -2.57. The van der Waals surface area contributed by atoms with Crippen LogP contribution in [0.3, 0.4) is 0 Å². The third-order valence-corrected chi connectivity index (χ3v) is 13.2. The van der Waals surface area contributed by atoms with Crippen molar-refractivity contribution in [3.63, 3.8) is 0 Å². The molecular formula is C30H54N3OPS. The molecule has 36 heavy (non-hydrogen) atoms. The molecule has 0 fully saturated rings. The fourth-order valence-corrected chi connectivity index (χ4v) is 9.68. The van der Waals surface area contributed by atoms with Crippen LogP contribution in [0.2, 0.25) is 0 Å². The number of unbranched alkanes of at least 4 members (excludes halogenated alkanes) is 11. The fourth-order valence-electron chi connectivity index (χ4n) is 4.64. The smallest absolute Gasteiger partial charge is 0.271 e. The van der Waals surface area contributed by atoms with E-state index in [1.807, 2.05) is 30.9 Å². The molecule has 6 heteroatoms. The predicted molar refractivity (Wildman–Crippen MR) is 161 cm³/mol. The van der Waals surface area contributed by atoms with Gasteiger partial charge in [0.2, 0.25) is 0 Å². The Kier molecular flexibility index (Phi) is 18.7. The maximum Gasteiger partial charge on any atom is 0.271 e. The largest absolute Gasteiger partial charge is 0.277 e. The van der Waals surface area contributed by atoms with Crippen molar-refractivity contribution in [3.8, 4) is 6.07 Å². The second-order valence-corrected chi connectivity index (χ2v) is 15.6. The van der Waals surface area contributed by atoms with Gasteiger partial charge in [0.15, 0.2) is 0 Å². The molecule has 0 saturated carbocycles. The van der Waals surface area contributed by atoms with Crippen LogP contribution in [0.5, 0.6) is 0 Å². The second-order valence-electron chi connectivity index (χ2n) is 10.4. The van der Waals surface area contributed by atoms with E-state index in [0.29, 0.717) is 0 Å². The zero-order chi connectivity index (χ0) is 26.7. The van der Waals surface area contributed by atoms with Gasteiger partial charge in [0.1, 0.15) is 0 Å². The highest BCUT2D eigenvalue weighted by Crippen LogP contribution is 2.63. The fraction of sp³-hybridized carbons (Fsp3) is 0.767. The number of nitriles is 1. The molecule has 1 aromatic carbocycles. The maximum absolute atomic E-state index is 14.0. The maximum atomic E-state index is 14.0. The summed E-state index contributed by atoms with van der Waals surface area (Å²) < 4.78 is 18.4.